The maximum atomic E-state index is 11.6. The fourth-order valence-corrected chi connectivity index (χ4v) is 1.71. The van der Waals surface area contributed by atoms with E-state index in [2.05, 4.69) is 9.97 Å². The lowest BCUT2D eigenvalue weighted by molar-refractivity contribution is -0.117. The van der Waals surface area contributed by atoms with Gasteiger partial charge in [-0.25, -0.2) is 4.98 Å². The molecular weight excluding hydrogens is 194 g/mol. The number of aliphatic hydroxyl groups is 1. The summed E-state index contributed by atoms with van der Waals surface area (Å²) in [7, 11) is 0. The number of rotatable bonds is 2. The minimum Gasteiger partial charge on any atom is -0.396 e. The van der Waals surface area contributed by atoms with E-state index in [1.165, 1.54) is 0 Å². The highest BCUT2D eigenvalue weighted by atomic mass is 16.3. The Bertz CT molecular complexity index is 381. The summed E-state index contributed by atoms with van der Waals surface area (Å²) in [5.74, 6) is 0.615. The van der Waals surface area contributed by atoms with Gasteiger partial charge in [0.2, 0.25) is 5.91 Å². The third-order valence-electron chi connectivity index (χ3n) is 2.48. The van der Waals surface area contributed by atoms with Gasteiger partial charge in [-0.15, -0.1) is 0 Å². The first-order valence-electron chi connectivity index (χ1n) is 4.90. The number of nitrogens with zero attached hydrogens (tertiary/aromatic N) is 3. The molecule has 1 atom stereocenters. The Hall–Kier alpha value is -1.49. The van der Waals surface area contributed by atoms with Crippen LogP contribution in [0.4, 0.5) is 5.82 Å². The second kappa shape index (κ2) is 3.94. The number of amides is 1. The van der Waals surface area contributed by atoms with Crippen LogP contribution in [-0.4, -0.2) is 34.1 Å². The highest BCUT2D eigenvalue weighted by molar-refractivity contribution is 5.94. The van der Waals surface area contributed by atoms with Gasteiger partial charge in [0.1, 0.15) is 0 Å². The molecule has 80 valence electrons. The van der Waals surface area contributed by atoms with Crippen LogP contribution in [0.15, 0.2) is 12.4 Å². The van der Waals surface area contributed by atoms with Gasteiger partial charge in [-0.2, -0.15) is 0 Å². The van der Waals surface area contributed by atoms with E-state index in [9.17, 15) is 4.79 Å². The molecule has 1 aliphatic heterocycles. The number of carbonyl (C=O) groups is 1. The van der Waals surface area contributed by atoms with Crippen molar-refractivity contribution in [1.29, 1.82) is 0 Å². The van der Waals surface area contributed by atoms with Gasteiger partial charge in [0.25, 0.3) is 0 Å². The quantitative estimate of drug-likeness (QED) is 0.748. The maximum absolute atomic E-state index is 11.6. The number of aryl methyl sites for hydroxylation is 1. The summed E-state index contributed by atoms with van der Waals surface area (Å²) in [6.45, 7) is 2.41. The van der Waals surface area contributed by atoms with Crippen molar-refractivity contribution in [1.82, 2.24) is 9.97 Å². The number of hydrogen-bond donors (Lipinski definition) is 1. The summed E-state index contributed by atoms with van der Waals surface area (Å²) >= 11 is 0. The molecule has 1 amide bonds. The summed E-state index contributed by atoms with van der Waals surface area (Å²) in [6, 6.07) is 0. The summed E-state index contributed by atoms with van der Waals surface area (Å²) in [4.78, 5) is 21.4. The molecule has 5 heteroatoms. The average Bonchev–Trinajstić information content (AvgIpc) is 2.60. The number of hydrogen-bond acceptors (Lipinski definition) is 4. The van der Waals surface area contributed by atoms with Crippen molar-refractivity contribution in [2.45, 2.75) is 13.3 Å². The topological polar surface area (TPSA) is 66.3 Å². The lowest BCUT2D eigenvalue weighted by atomic mass is 10.1. The molecule has 1 N–H and O–H groups in total. The third kappa shape index (κ3) is 1.97. The predicted molar refractivity (Wildman–Crippen MR) is 54.3 cm³/mol. The Morgan fingerprint density at radius 3 is 3.00 bits per heavy atom. The molecule has 1 aromatic heterocycles. The van der Waals surface area contributed by atoms with Crippen LogP contribution >= 0.6 is 0 Å². The van der Waals surface area contributed by atoms with Gasteiger partial charge in [0.15, 0.2) is 5.82 Å². The minimum atomic E-state index is 0.00829. The highest BCUT2D eigenvalue weighted by Gasteiger charge is 2.30. The van der Waals surface area contributed by atoms with Crippen LogP contribution < -0.4 is 4.90 Å². The molecular formula is C10H13N3O2. The molecule has 15 heavy (non-hydrogen) atoms. The molecule has 0 radical (unpaired) electrons. The fourth-order valence-electron chi connectivity index (χ4n) is 1.71. The van der Waals surface area contributed by atoms with Crippen molar-refractivity contribution in [3.63, 3.8) is 0 Å². The average molecular weight is 207 g/mol. The van der Waals surface area contributed by atoms with E-state index in [0.717, 1.165) is 5.69 Å². The minimum absolute atomic E-state index is 0.00829. The first kappa shape index (κ1) is 10.0. The Kier molecular flexibility index (Phi) is 2.64. The largest absolute Gasteiger partial charge is 0.396 e. The number of aliphatic hydroxyl groups excluding tert-OH is 1. The van der Waals surface area contributed by atoms with Gasteiger partial charge >= 0.3 is 0 Å². The smallest absolute Gasteiger partial charge is 0.228 e. The Labute approximate surface area is 87.8 Å². The van der Waals surface area contributed by atoms with Crippen molar-refractivity contribution in [2.24, 2.45) is 5.92 Å². The van der Waals surface area contributed by atoms with Crippen LogP contribution in [0.25, 0.3) is 0 Å². The van der Waals surface area contributed by atoms with Crippen LogP contribution in [0.5, 0.6) is 0 Å². The zero-order valence-corrected chi connectivity index (χ0v) is 8.55. The molecule has 0 aromatic carbocycles. The highest BCUT2D eigenvalue weighted by Crippen LogP contribution is 2.22. The molecule has 1 aliphatic rings. The first-order valence-corrected chi connectivity index (χ1v) is 4.90. The van der Waals surface area contributed by atoms with E-state index in [-0.39, 0.29) is 18.4 Å². The van der Waals surface area contributed by atoms with Crippen molar-refractivity contribution >= 4 is 11.7 Å². The van der Waals surface area contributed by atoms with Crippen LogP contribution in [0.2, 0.25) is 0 Å². The monoisotopic (exact) mass is 207 g/mol. The molecule has 5 nitrogen and oxygen atoms in total. The zero-order valence-electron chi connectivity index (χ0n) is 8.55. The van der Waals surface area contributed by atoms with Crippen LogP contribution in [0.1, 0.15) is 12.1 Å². The molecule has 0 bridgehead atoms. The lowest BCUT2D eigenvalue weighted by Crippen LogP contribution is -2.26. The molecule has 1 fully saturated rings. The van der Waals surface area contributed by atoms with Gasteiger partial charge in [-0.1, -0.05) is 0 Å². The molecule has 1 saturated heterocycles. The Morgan fingerprint density at radius 1 is 1.60 bits per heavy atom. The van der Waals surface area contributed by atoms with Crippen molar-refractivity contribution < 1.29 is 9.90 Å². The first-order chi connectivity index (χ1) is 7.20. The van der Waals surface area contributed by atoms with Gasteiger partial charge in [0.05, 0.1) is 11.9 Å². The SMILES string of the molecule is Cc1cncc(N2CC(CO)CC2=O)n1. The second-order valence-corrected chi connectivity index (χ2v) is 3.78. The van der Waals surface area contributed by atoms with E-state index < -0.39 is 0 Å². The van der Waals surface area contributed by atoms with E-state index >= 15 is 0 Å². The van der Waals surface area contributed by atoms with Crippen molar-refractivity contribution in [3.8, 4) is 0 Å². The lowest BCUT2D eigenvalue weighted by Gasteiger charge is -2.14. The normalized spacial score (nSPS) is 21.1. The molecule has 1 aromatic rings. The number of aromatic nitrogens is 2. The predicted octanol–water partition coefficient (Wildman–Crippen LogP) is 0.130. The molecule has 2 rings (SSSR count). The van der Waals surface area contributed by atoms with Gasteiger partial charge < -0.3 is 5.11 Å². The summed E-state index contributed by atoms with van der Waals surface area (Å²) in [5.41, 5.74) is 0.785. The number of carbonyl (C=O) groups excluding carboxylic acids is 1. The van der Waals surface area contributed by atoms with Crippen LogP contribution in [-0.2, 0) is 4.79 Å². The Balaban J connectivity index is 2.21. The van der Waals surface area contributed by atoms with Crippen molar-refractivity contribution in [2.75, 3.05) is 18.1 Å². The van der Waals surface area contributed by atoms with Gasteiger partial charge in [0, 0.05) is 31.7 Å². The second-order valence-electron chi connectivity index (χ2n) is 3.78. The van der Waals surface area contributed by atoms with Gasteiger partial charge in [-0.05, 0) is 6.92 Å². The summed E-state index contributed by atoms with van der Waals surface area (Å²) < 4.78 is 0. The van der Waals surface area contributed by atoms with E-state index in [4.69, 9.17) is 5.11 Å². The number of anilines is 1. The fraction of sp³-hybridized carbons (Fsp3) is 0.500. The van der Waals surface area contributed by atoms with E-state index in [0.29, 0.717) is 18.8 Å². The van der Waals surface area contributed by atoms with Crippen LogP contribution in [0.3, 0.4) is 0 Å². The summed E-state index contributed by atoms with van der Waals surface area (Å²) in [5, 5.41) is 8.99. The van der Waals surface area contributed by atoms with Crippen LogP contribution in [0, 0.1) is 12.8 Å². The zero-order chi connectivity index (χ0) is 10.8. The third-order valence-corrected chi connectivity index (χ3v) is 2.48. The molecule has 2 heterocycles. The standard InChI is InChI=1S/C10H13N3O2/c1-7-3-11-4-9(12-7)13-5-8(6-14)2-10(13)15/h3-4,8,14H,2,5-6H2,1H3. The maximum Gasteiger partial charge on any atom is 0.228 e. The van der Waals surface area contributed by atoms with E-state index in [1.54, 1.807) is 17.3 Å². The van der Waals surface area contributed by atoms with Crippen molar-refractivity contribution in [3.05, 3.63) is 18.1 Å². The molecule has 1 unspecified atom stereocenters. The van der Waals surface area contributed by atoms with E-state index in [1.807, 2.05) is 6.92 Å². The van der Waals surface area contributed by atoms with Gasteiger partial charge in [-0.3, -0.25) is 14.7 Å². The Morgan fingerprint density at radius 2 is 2.40 bits per heavy atom. The summed E-state index contributed by atoms with van der Waals surface area (Å²) in [6.07, 6.45) is 3.62. The molecule has 0 spiro atoms. The molecule has 0 saturated carbocycles. The molecule has 0 aliphatic carbocycles.